The lowest BCUT2D eigenvalue weighted by Crippen LogP contribution is -2.43. The van der Waals surface area contributed by atoms with Crippen LogP contribution in [0.25, 0.3) is 11.0 Å². The Hall–Kier alpha value is -2.09. The number of morpholine rings is 1. The molecule has 0 unspecified atom stereocenters. The van der Waals surface area contributed by atoms with Gasteiger partial charge in [0.25, 0.3) is 0 Å². The molecule has 0 atom stereocenters. The Kier molecular flexibility index (Phi) is 6.37. The van der Waals surface area contributed by atoms with Gasteiger partial charge in [0.1, 0.15) is 5.58 Å². The van der Waals surface area contributed by atoms with Crippen LogP contribution in [0.3, 0.4) is 0 Å². The third-order valence-corrected chi connectivity index (χ3v) is 5.68. The Morgan fingerprint density at radius 3 is 2.34 bits per heavy atom. The molecule has 1 saturated heterocycles. The van der Waals surface area contributed by atoms with Crippen LogP contribution < -0.4 is 15.1 Å². The Morgan fingerprint density at radius 2 is 1.62 bits per heavy atom. The molecule has 0 aliphatic carbocycles. The maximum Gasteiger partial charge on any atom is 0.341 e. The van der Waals surface area contributed by atoms with E-state index in [-0.39, 0.29) is 5.63 Å². The van der Waals surface area contributed by atoms with Gasteiger partial charge in [0.2, 0.25) is 0 Å². The summed E-state index contributed by atoms with van der Waals surface area (Å²) in [5.74, 6) is 1.32. The van der Waals surface area contributed by atoms with Crippen molar-refractivity contribution in [1.29, 1.82) is 0 Å². The molecule has 4 rings (SSSR count). The molecule has 0 spiro atoms. The number of rotatable bonds is 7. The van der Waals surface area contributed by atoms with Crippen LogP contribution in [0.15, 0.2) is 21.3 Å². The highest BCUT2D eigenvalue weighted by Gasteiger charge is 2.24. The summed E-state index contributed by atoms with van der Waals surface area (Å²) in [6.45, 7) is 12.1. The van der Waals surface area contributed by atoms with Crippen molar-refractivity contribution < 1.29 is 18.6 Å². The van der Waals surface area contributed by atoms with Crippen molar-refractivity contribution in [3.8, 4) is 11.5 Å². The molecule has 158 valence electrons. The molecule has 0 saturated carbocycles. The number of hydrogen-bond acceptors (Lipinski definition) is 7. The highest BCUT2D eigenvalue weighted by Crippen LogP contribution is 2.35. The summed E-state index contributed by atoms with van der Waals surface area (Å²) >= 11 is 0. The van der Waals surface area contributed by atoms with Gasteiger partial charge in [-0.3, -0.25) is 9.80 Å². The van der Waals surface area contributed by atoms with E-state index in [4.69, 9.17) is 18.6 Å². The molecular formula is C22H30N2O5. The van der Waals surface area contributed by atoms with E-state index in [9.17, 15) is 4.79 Å². The van der Waals surface area contributed by atoms with Crippen LogP contribution in [-0.2, 0) is 17.7 Å². The van der Waals surface area contributed by atoms with Gasteiger partial charge in [-0.2, -0.15) is 0 Å². The maximum atomic E-state index is 12.7. The van der Waals surface area contributed by atoms with E-state index in [2.05, 4.69) is 9.80 Å². The van der Waals surface area contributed by atoms with Crippen molar-refractivity contribution in [3.05, 3.63) is 33.7 Å². The number of ether oxygens (including phenoxy) is 3. The standard InChI is InChI=1S/C22H30N2O5/c1-3-27-20-13-17-16-5-6-24(8-7-23-9-11-26-12-10-23)15-18(16)22(25)29-19(17)14-21(20)28-4-2/h13-14H,3-12,15H2,1-2H3. The van der Waals surface area contributed by atoms with Gasteiger partial charge in [-0.25, -0.2) is 4.79 Å². The summed E-state index contributed by atoms with van der Waals surface area (Å²) in [4.78, 5) is 17.5. The van der Waals surface area contributed by atoms with Gasteiger partial charge in [0.05, 0.1) is 32.0 Å². The van der Waals surface area contributed by atoms with Crippen molar-refractivity contribution >= 4 is 11.0 Å². The topological polar surface area (TPSA) is 64.4 Å². The molecule has 0 bridgehead atoms. The minimum Gasteiger partial charge on any atom is -0.490 e. The second-order valence-electron chi connectivity index (χ2n) is 7.49. The van der Waals surface area contributed by atoms with Crippen LogP contribution in [0.4, 0.5) is 0 Å². The van der Waals surface area contributed by atoms with Crippen LogP contribution >= 0.6 is 0 Å². The zero-order valence-corrected chi connectivity index (χ0v) is 17.4. The molecule has 7 heteroatoms. The highest BCUT2D eigenvalue weighted by atomic mass is 16.5. The van der Waals surface area contributed by atoms with Gasteiger partial charge in [-0.15, -0.1) is 0 Å². The third-order valence-electron chi connectivity index (χ3n) is 5.68. The lowest BCUT2D eigenvalue weighted by atomic mass is 9.97. The molecule has 0 radical (unpaired) electrons. The Labute approximate surface area is 171 Å². The van der Waals surface area contributed by atoms with Gasteiger partial charge in [0, 0.05) is 50.7 Å². The van der Waals surface area contributed by atoms with Crippen LogP contribution in [0, 0.1) is 0 Å². The van der Waals surface area contributed by atoms with E-state index in [1.165, 1.54) is 0 Å². The van der Waals surface area contributed by atoms with E-state index in [1.807, 2.05) is 19.9 Å². The average Bonchev–Trinajstić information content (AvgIpc) is 2.74. The Morgan fingerprint density at radius 1 is 0.931 bits per heavy atom. The monoisotopic (exact) mass is 402 g/mol. The van der Waals surface area contributed by atoms with Crippen LogP contribution in [0.5, 0.6) is 11.5 Å². The molecular weight excluding hydrogens is 372 g/mol. The van der Waals surface area contributed by atoms with E-state index in [1.54, 1.807) is 6.07 Å². The van der Waals surface area contributed by atoms with Crippen molar-refractivity contribution in [2.45, 2.75) is 26.8 Å². The van der Waals surface area contributed by atoms with Crippen molar-refractivity contribution in [2.24, 2.45) is 0 Å². The first-order valence-corrected chi connectivity index (χ1v) is 10.6. The molecule has 1 aromatic carbocycles. The lowest BCUT2D eigenvalue weighted by molar-refractivity contribution is 0.0326. The second-order valence-corrected chi connectivity index (χ2v) is 7.49. The quantitative estimate of drug-likeness (QED) is 0.659. The molecule has 1 aromatic heterocycles. The molecule has 7 nitrogen and oxygen atoms in total. The predicted octanol–water partition coefficient (Wildman–Crippen LogP) is 2.28. The van der Waals surface area contributed by atoms with Crippen molar-refractivity contribution in [3.63, 3.8) is 0 Å². The van der Waals surface area contributed by atoms with Gasteiger partial charge in [-0.05, 0) is 31.9 Å². The number of fused-ring (bicyclic) bond motifs is 3. The molecule has 29 heavy (non-hydrogen) atoms. The van der Waals surface area contributed by atoms with Gasteiger partial charge in [0.15, 0.2) is 11.5 Å². The molecule has 2 aromatic rings. The van der Waals surface area contributed by atoms with Gasteiger partial charge in [-0.1, -0.05) is 0 Å². The summed E-state index contributed by atoms with van der Waals surface area (Å²) in [7, 11) is 0. The fourth-order valence-corrected chi connectivity index (χ4v) is 4.16. The largest absolute Gasteiger partial charge is 0.490 e. The molecule has 0 N–H and O–H groups in total. The predicted molar refractivity (Wildman–Crippen MR) is 111 cm³/mol. The zero-order chi connectivity index (χ0) is 20.2. The molecule has 3 heterocycles. The third kappa shape index (κ3) is 4.42. The Bertz CT molecular complexity index is 904. The van der Waals surface area contributed by atoms with Crippen LogP contribution in [0.2, 0.25) is 0 Å². The minimum atomic E-state index is -0.241. The SMILES string of the molecule is CCOc1cc2oc(=O)c3c(c2cc1OCC)CCN(CCN1CCOCC1)C3. The first-order chi connectivity index (χ1) is 14.2. The van der Waals surface area contributed by atoms with Gasteiger partial charge < -0.3 is 18.6 Å². The van der Waals surface area contributed by atoms with E-state index in [0.717, 1.165) is 68.9 Å². The molecule has 0 amide bonds. The first kappa shape index (κ1) is 20.2. The molecule has 2 aliphatic heterocycles. The average molecular weight is 402 g/mol. The number of nitrogens with zero attached hydrogens (tertiary/aromatic N) is 2. The first-order valence-electron chi connectivity index (χ1n) is 10.6. The van der Waals surface area contributed by atoms with Crippen molar-refractivity contribution in [2.75, 3.05) is 59.2 Å². The minimum absolute atomic E-state index is 0.241. The molecule has 2 aliphatic rings. The van der Waals surface area contributed by atoms with E-state index in [0.29, 0.717) is 36.8 Å². The summed E-state index contributed by atoms with van der Waals surface area (Å²) in [6, 6.07) is 3.76. The fourth-order valence-electron chi connectivity index (χ4n) is 4.16. The highest BCUT2D eigenvalue weighted by molar-refractivity contribution is 5.85. The van der Waals surface area contributed by atoms with E-state index >= 15 is 0 Å². The second kappa shape index (κ2) is 9.15. The normalized spacial score (nSPS) is 18.0. The summed E-state index contributed by atoms with van der Waals surface area (Å²) in [5, 5.41) is 0.958. The Balaban J connectivity index is 1.58. The van der Waals surface area contributed by atoms with E-state index < -0.39 is 0 Å². The summed E-state index contributed by atoms with van der Waals surface area (Å²) in [6.07, 6.45) is 0.833. The van der Waals surface area contributed by atoms with Crippen molar-refractivity contribution in [1.82, 2.24) is 9.80 Å². The van der Waals surface area contributed by atoms with Crippen LogP contribution in [-0.4, -0.2) is 69.0 Å². The summed E-state index contributed by atoms with van der Waals surface area (Å²) in [5.41, 5.74) is 2.19. The summed E-state index contributed by atoms with van der Waals surface area (Å²) < 4.78 is 22.5. The smallest absolute Gasteiger partial charge is 0.341 e. The number of benzene rings is 1. The maximum absolute atomic E-state index is 12.7. The lowest BCUT2D eigenvalue weighted by Gasteiger charge is -2.32. The zero-order valence-electron chi connectivity index (χ0n) is 17.4. The number of hydrogen-bond donors (Lipinski definition) is 0. The van der Waals surface area contributed by atoms with Gasteiger partial charge >= 0.3 is 5.63 Å². The fraction of sp³-hybridized carbons (Fsp3) is 0.591. The molecule has 1 fully saturated rings. The van der Waals surface area contributed by atoms with Crippen LogP contribution in [0.1, 0.15) is 25.0 Å².